The largest absolute Gasteiger partial charge is 0.755 e. The Hall–Kier alpha value is -2.58. The average molecular weight is 335 g/mol. The molecule has 0 aliphatic heterocycles. The van der Waals surface area contributed by atoms with E-state index in [2.05, 4.69) is 0 Å². The highest BCUT2D eigenvalue weighted by Crippen LogP contribution is 2.07. The van der Waals surface area contributed by atoms with Crippen molar-refractivity contribution in [3.63, 3.8) is 0 Å². The third-order valence-corrected chi connectivity index (χ3v) is 3.12. The van der Waals surface area contributed by atoms with E-state index in [1.54, 1.807) is 47.2 Å². The van der Waals surface area contributed by atoms with Crippen molar-refractivity contribution in [2.75, 3.05) is 0 Å². The van der Waals surface area contributed by atoms with Crippen molar-refractivity contribution in [3.05, 3.63) is 75.8 Å². The van der Waals surface area contributed by atoms with Crippen molar-refractivity contribution in [1.82, 2.24) is 4.72 Å². The number of non-ortho nitro benzene ring substituents is 1. The molecule has 1 N–H and O–H groups in total. The Bertz CT molecular complexity index is 674. The lowest BCUT2D eigenvalue weighted by Crippen LogP contribution is -2.25. The number of nitrogens with one attached hydrogen (secondary N) is 1. The Labute approximate surface area is 135 Å². The van der Waals surface area contributed by atoms with Crippen LogP contribution < -0.4 is 4.72 Å². The van der Waals surface area contributed by atoms with Gasteiger partial charge in [-0.1, -0.05) is 37.3 Å². The number of aryl methyl sites for hydroxylation is 1. The summed E-state index contributed by atoms with van der Waals surface area (Å²) in [5.41, 5.74) is 1.58. The number of amides is 1. The molecule has 7 nitrogen and oxygen atoms in total. The molecule has 0 bridgehead atoms. The van der Waals surface area contributed by atoms with Crippen LogP contribution in [0.4, 0.5) is 5.69 Å². The van der Waals surface area contributed by atoms with Gasteiger partial charge in [0.05, 0.1) is 4.92 Å². The molecule has 0 aliphatic rings. The number of para-hydroxylation sites is 1. The van der Waals surface area contributed by atoms with Crippen LogP contribution in [-0.4, -0.2) is 19.6 Å². The monoisotopic (exact) mass is 335 g/mol. The molecule has 23 heavy (non-hydrogen) atoms. The quantitative estimate of drug-likeness (QED) is 0.523. The van der Waals surface area contributed by atoms with E-state index < -0.39 is 22.1 Å². The van der Waals surface area contributed by atoms with Gasteiger partial charge in [-0.15, -0.1) is 0 Å². The predicted molar refractivity (Wildman–Crippen MR) is 85.3 cm³/mol. The number of benzene rings is 2. The summed E-state index contributed by atoms with van der Waals surface area (Å²) in [6.07, 6.45) is 0.884. The second kappa shape index (κ2) is 9.44. The maximum Gasteiger partial charge on any atom is 0.269 e. The summed E-state index contributed by atoms with van der Waals surface area (Å²) in [6, 6.07) is 14.7. The summed E-state index contributed by atoms with van der Waals surface area (Å²) in [5.74, 6) is -0.610. The first kappa shape index (κ1) is 18.5. The minimum Gasteiger partial charge on any atom is -0.755 e. The maximum absolute atomic E-state index is 11.2. The third kappa shape index (κ3) is 6.81. The Morgan fingerprint density at radius 3 is 2.09 bits per heavy atom. The van der Waals surface area contributed by atoms with Crippen molar-refractivity contribution < 1.29 is 18.5 Å². The van der Waals surface area contributed by atoms with Gasteiger partial charge in [0.1, 0.15) is 0 Å². The van der Waals surface area contributed by atoms with E-state index in [-0.39, 0.29) is 5.69 Å². The normalized spacial score (nSPS) is 10.9. The zero-order chi connectivity index (χ0) is 17.2. The van der Waals surface area contributed by atoms with Crippen LogP contribution in [0.5, 0.6) is 0 Å². The van der Waals surface area contributed by atoms with Crippen molar-refractivity contribution in [1.29, 1.82) is 0 Å². The molecule has 122 valence electrons. The van der Waals surface area contributed by atoms with Crippen LogP contribution >= 0.6 is 0 Å². The molecule has 0 saturated carbocycles. The molecule has 2 aromatic rings. The van der Waals surface area contributed by atoms with Gasteiger partial charge in [-0.3, -0.25) is 23.8 Å². The van der Waals surface area contributed by atoms with Crippen LogP contribution in [0.3, 0.4) is 0 Å². The van der Waals surface area contributed by atoms with Crippen LogP contribution in [0.2, 0.25) is 0 Å². The third-order valence-electron chi connectivity index (χ3n) is 2.77. The van der Waals surface area contributed by atoms with Gasteiger partial charge in [0.2, 0.25) is 0 Å². The number of nitro benzene ring substituents is 1. The van der Waals surface area contributed by atoms with Gasteiger partial charge >= 0.3 is 0 Å². The van der Waals surface area contributed by atoms with Gasteiger partial charge in [-0.05, 0) is 24.1 Å². The SMILES string of the molecule is CCc1ccc(C(=O)NS(=O)[O-])cc1.O=[N+]([O-])c1ccccc1. The Morgan fingerprint density at radius 2 is 1.70 bits per heavy atom. The fourth-order valence-electron chi connectivity index (χ4n) is 1.58. The highest BCUT2D eigenvalue weighted by Gasteiger charge is 2.03. The summed E-state index contributed by atoms with van der Waals surface area (Å²) < 4.78 is 22.1. The van der Waals surface area contributed by atoms with Crippen molar-refractivity contribution in [2.45, 2.75) is 13.3 Å². The topological polar surface area (TPSA) is 112 Å². The molecule has 0 aliphatic carbocycles. The zero-order valence-corrected chi connectivity index (χ0v) is 13.1. The molecule has 8 heteroatoms. The Kier molecular flexibility index (Phi) is 7.58. The lowest BCUT2D eigenvalue weighted by atomic mass is 10.1. The molecule has 0 radical (unpaired) electrons. The van der Waals surface area contributed by atoms with E-state index in [4.69, 9.17) is 0 Å². The molecule has 0 saturated heterocycles. The van der Waals surface area contributed by atoms with Crippen molar-refractivity contribution in [2.24, 2.45) is 0 Å². The molecule has 0 aromatic heterocycles. The van der Waals surface area contributed by atoms with Crippen molar-refractivity contribution in [3.8, 4) is 0 Å². The highest BCUT2D eigenvalue weighted by atomic mass is 32.2. The fraction of sp³-hybridized carbons (Fsp3) is 0.133. The predicted octanol–water partition coefficient (Wildman–Crippen LogP) is 2.37. The average Bonchev–Trinajstić information content (AvgIpc) is 2.55. The van der Waals surface area contributed by atoms with Crippen LogP contribution in [0.25, 0.3) is 0 Å². The molecule has 0 spiro atoms. The van der Waals surface area contributed by atoms with E-state index >= 15 is 0 Å². The first-order valence-electron chi connectivity index (χ1n) is 6.62. The number of rotatable bonds is 4. The molecule has 0 fully saturated rings. The van der Waals surface area contributed by atoms with Crippen molar-refractivity contribution >= 4 is 22.9 Å². The first-order chi connectivity index (χ1) is 10.9. The van der Waals surface area contributed by atoms with Gasteiger partial charge in [0.15, 0.2) is 0 Å². The molecular formula is C15H15N2O5S-. The molecule has 1 atom stereocenters. The summed E-state index contributed by atoms with van der Waals surface area (Å²) >= 11 is -2.55. The summed E-state index contributed by atoms with van der Waals surface area (Å²) in [5, 5.41) is 10.0. The van der Waals surface area contributed by atoms with E-state index in [9.17, 15) is 23.7 Å². The lowest BCUT2D eigenvalue weighted by Gasteiger charge is -2.07. The summed E-state index contributed by atoms with van der Waals surface area (Å²) in [7, 11) is 0. The Morgan fingerprint density at radius 1 is 1.13 bits per heavy atom. The highest BCUT2D eigenvalue weighted by molar-refractivity contribution is 7.77. The van der Waals surface area contributed by atoms with Gasteiger partial charge in [-0.2, -0.15) is 0 Å². The number of nitro groups is 1. The number of nitrogens with zero attached hydrogens (tertiary/aromatic N) is 1. The first-order valence-corrected chi connectivity index (χ1v) is 7.70. The van der Waals surface area contributed by atoms with Crippen LogP contribution in [0.1, 0.15) is 22.8 Å². The second-order valence-electron chi connectivity index (χ2n) is 4.31. The molecule has 0 heterocycles. The number of hydrogen-bond acceptors (Lipinski definition) is 5. The van der Waals surface area contributed by atoms with E-state index in [0.29, 0.717) is 5.56 Å². The lowest BCUT2D eigenvalue weighted by molar-refractivity contribution is -0.384. The van der Waals surface area contributed by atoms with E-state index in [1.165, 1.54) is 12.1 Å². The Balaban J connectivity index is 0.000000253. The zero-order valence-electron chi connectivity index (χ0n) is 12.3. The van der Waals surface area contributed by atoms with E-state index in [1.807, 2.05) is 6.92 Å². The smallest absolute Gasteiger partial charge is 0.269 e. The number of carbonyl (C=O) groups excluding carboxylic acids is 1. The fourth-order valence-corrected chi connectivity index (χ4v) is 1.85. The second-order valence-corrected chi connectivity index (χ2v) is 4.98. The number of carbonyl (C=O) groups is 1. The van der Waals surface area contributed by atoms with Crippen LogP contribution in [-0.2, 0) is 17.7 Å². The maximum atomic E-state index is 11.2. The standard InChI is InChI=1S/C9H11NO3S.C6H5NO2/c1-2-7-3-5-8(6-4-7)9(11)10-14(12)13;8-7(9)6-4-2-1-3-5-6/h3-6H,2H2,1H3,(H,10,11)(H,12,13);1-5H/p-1. The minimum atomic E-state index is -2.55. The molecular weight excluding hydrogens is 320 g/mol. The van der Waals surface area contributed by atoms with Crippen LogP contribution in [0.15, 0.2) is 54.6 Å². The van der Waals surface area contributed by atoms with Gasteiger partial charge < -0.3 is 4.55 Å². The molecule has 2 rings (SSSR count). The van der Waals surface area contributed by atoms with Gasteiger partial charge in [0.25, 0.3) is 11.6 Å². The summed E-state index contributed by atoms with van der Waals surface area (Å²) in [4.78, 5) is 20.7. The molecule has 2 aromatic carbocycles. The van der Waals surface area contributed by atoms with Crippen LogP contribution in [0, 0.1) is 10.1 Å². The summed E-state index contributed by atoms with van der Waals surface area (Å²) in [6.45, 7) is 2.00. The van der Waals surface area contributed by atoms with Gasteiger partial charge in [-0.25, -0.2) is 0 Å². The number of hydrogen-bond donors (Lipinski definition) is 1. The molecule has 1 unspecified atom stereocenters. The van der Waals surface area contributed by atoms with Gasteiger partial charge in [0, 0.05) is 29.0 Å². The minimum absolute atomic E-state index is 0.137. The molecule has 1 amide bonds. The van der Waals surface area contributed by atoms with E-state index in [0.717, 1.165) is 12.0 Å².